The van der Waals surface area contributed by atoms with Crippen LogP contribution in [0.1, 0.15) is 45.1 Å². The molecular weight excluding hydrogens is 454 g/mol. The molecule has 2 aliphatic rings. The van der Waals surface area contributed by atoms with Gasteiger partial charge in [-0.05, 0) is 62.1 Å². The van der Waals surface area contributed by atoms with Gasteiger partial charge in [-0.3, -0.25) is 9.59 Å². The fraction of sp³-hybridized carbons (Fsp3) is 0.280. The Morgan fingerprint density at radius 2 is 1.68 bits per heavy atom. The number of nitrogens with zero attached hydrogens (tertiary/aromatic N) is 2. The highest BCUT2D eigenvalue weighted by Gasteiger charge is 2.32. The highest BCUT2D eigenvalue weighted by Crippen LogP contribution is 2.29. The average Bonchev–Trinajstić information content (AvgIpc) is 3.59. The fourth-order valence-corrected chi connectivity index (χ4v) is 6.17. The zero-order valence-corrected chi connectivity index (χ0v) is 19.6. The van der Waals surface area contributed by atoms with Gasteiger partial charge in [0.15, 0.2) is 5.76 Å². The van der Waals surface area contributed by atoms with Crippen molar-refractivity contribution in [3.8, 4) is 0 Å². The molecule has 5 rings (SSSR count). The lowest BCUT2D eigenvalue weighted by molar-refractivity contribution is 0.0985. The van der Waals surface area contributed by atoms with E-state index in [1.807, 2.05) is 24.3 Å². The van der Waals surface area contributed by atoms with Crippen molar-refractivity contribution in [2.24, 2.45) is 0 Å². The van der Waals surface area contributed by atoms with E-state index < -0.39 is 15.9 Å². The Bertz CT molecular complexity index is 1360. The van der Waals surface area contributed by atoms with Crippen molar-refractivity contribution in [2.45, 2.75) is 31.1 Å². The van der Waals surface area contributed by atoms with Gasteiger partial charge in [-0.15, -0.1) is 0 Å². The molecule has 1 fully saturated rings. The summed E-state index contributed by atoms with van der Waals surface area (Å²) in [6.07, 6.45) is 2.48. The van der Waals surface area contributed by atoms with Crippen LogP contribution < -0.4 is 10.2 Å². The van der Waals surface area contributed by atoms with E-state index in [1.165, 1.54) is 17.3 Å². The van der Waals surface area contributed by atoms with Crippen molar-refractivity contribution < 1.29 is 22.4 Å². The molecule has 3 aromatic rings. The molecule has 0 bridgehead atoms. The molecule has 2 aromatic carbocycles. The predicted molar refractivity (Wildman–Crippen MR) is 128 cm³/mol. The highest BCUT2D eigenvalue weighted by molar-refractivity contribution is 7.89. The smallest absolute Gasteiger partial charge is 0.291 e. The third-order valence-electron chi connectivity index (χ3n) is 6.30. The van der Waals surface area contributed by atoms with E-state index in [-0.39, 0.29) is 22.3 Å². The Morgan fingerprint density at radius 1 is 0.971 bits per heavy atom. The highest BCUT2D eigenvalue weighted by atomic mass is 32.2. The van der Waals surface area contributed by atoms with Crippen molar-refractivity contribution in [3.05, 3.63) is 77.2 Å². The topological polar surface area (TPSA) is 99.9 Å². The van der Waals surface area contributed by atoms with Gasteiger partial charge < -0.3 is 14.6 Å². The normalized spacial score (nSPS) is 16.0. The number of aryl methyl sites for hydroxylation is 1. The van der Waals surface area contributed by atoms with Crippen LogP contribution in [0.4, 0.5) is 11.4 Å². The number of benzene rings is 2. The largest absolute Gasteiger partial charge is 0.455 e. The summed E-state index contributed by atoms with van der Waals surface area (Å²) in [5.41, 5.74) is 3.07. The number of carbonyl (C=O) groups is 2. The van der Waals surface area contributed by atoms with Gasteiger partial charge >= 0.3 is 0 Å². The van der Waals surface area contributed by atoms with Gasteiger partial charge in [0.05, 0.1) is 0 Å². The summed E-state index contributed by atoms with van der Waals surface area (Å²) in [6.45, 7) is 3.12. The number of nitrogens with one attached hydrogen (secondary N) is 1. The SMILES string of the molecule is Cc1oc(C(=O)Nc2ccc(C(=O)N3CCc4ccccc43)cc2)cc1S(=O)(=O)N1CCCC1. The summed E-state index contributed by atoms with van der Waals surface area (Å²) >= 11 is 0. The minimum atomic E-state index is -3.68. The zero-order valence-electron chi connectivity index (χ0n) is 18.8. The van der Waals surface area contributed by atoms with Crippen LogP contribution in [0.15, 0.2) is 63.9 Å². The van der Waals surface area contributed by atoms with Crippen LogP contribution in [0.25, 0.3) is 0 Å². The van der Waals surface area contributed by atoms with Crippen molar-refractivity contribution in [3.63, 3.8) is 0 Å². The van der Waals surface area contributed by atoms with E-state index >= 15 is 0 Å². The van der Waals surface area contributed by atoms with Gasteiger partial charge in [0.25, 0.3) is 11.8 Å². The third kappa shape index (κ3) is 4.01. The van der Waals surface area contributed by atoms with E-state index in [0.29, 0.717) is 30.9 Å². The van der Waals surface area contributed by atoms with Crippen LogP contribution in [-0.2, 0) is 16.4 Å². The van der Waals surface area contributed by atoms with Crippen LogP contribution in [-0.4, -0.2) is 44.2 Å². The molecule has 0 spiro atoms. The molecule has 9 heteroatoms. The Morgan fingerprint density at radius 3 is 2.41 bits per heavy atom. The minimum absolute atomic E-state index is 0.0198. The van der Waals surface area contributed by atoms with Gasteiger partial charge in [0.2, 0.25) is 10.0 Å². The number of sulfonamides is 1. The molecule has 1 aromatic heterocycles. The monoisotopic (exact) mass is 479 g/mol. The Hall–Kier alpha value is -3.43. The van der Waals surface area contributed by atoms with E-state index in [4.69, 9.17) is 4.42 Å². The molecule has 0 atom stereocenters. The molecular formula is C25H25N3O5S. The maximum absolute atomic E-state index is 13.0. The summed E-state index contributed by atoms with van der Waals surface area (Å²) in [7, 11) is -3.68. The molecule has 2 amide bonds. The Balaban J connectivity index is 1.29. The zero-order chi connectivity index (χ0) is 23.9. The molecule has 34 heavy (non-hydrogen) atoms. The predicted octanol–water partition coefficient (Wildman–Crippen LogP) is 3.83. The molecule has 1 saturated heterocycles. The first kappa shape index (κ1) is 22.4. The van der Waals surface area contributed by atoms with Gasteiger partial charge in [-0.1, -0.05) is 18.2 Å². The molecule has 1 N–H and O–H groups in total. The number of furan rings is 1. The number of para-hydroxylation sites is 1. The van der Waals surface area contributed by atoms with Crippen molar-refractivity contribution >= 4 is 33.2 Å². The second-order valence-electron chi connectivity index (χ2n) is 8.51. The van der Waals surface area contributed by atoms with Gasteiger partial charge in [-0.2, -0.15) is 4.31 Å². The second-order valence-corrected chi connectivity index (χ2v) is 10.4. The van der Waals surface area contributed by atoms with Crippen molar-refractivity contribution in [1.82, 2.24) is 4.31 Å². The van der Waals surface area contributed by atoms with Crippen LogP contribution in [0.2, 0.25) is 0 Å². The number of carbonyl (C=O) groups excluding carboxylic acids is 2. The van der Waals surface area contributed by atoms with E-state index in [9.17, 15) is 18.0 Å². The molecule has 0 unspecified atom stereocenters. The number of hydrogen-bond acceptors (Lipinski definition) is 5. The van der Waals surface area contributed by atoms with Crippen molar-refractivity contribution in [2.75, 3.05) is 29.9 Å². The van der Waals surface area contributed by atoms with Crippen LogP contribution in [0.3, 0.4) is 0 Å². The fourth-order valence-electron chi connectivity index (χ4n) is 4.49. The molecule has 2 aliphatic heterocycles. The maximum Gasteiger partial charge on any atom is 0.291 e. The van der Waals surface area contributed by atoms with Crippen LogP contribution in [0.5, 0.6) is 0 Å². The second kappa shape index (κ2) is 8.73. The Kier molecular flexibility index (Phi) is 5.75. The first-order valence-corrected chi connectivity index (χ1v) is 12.7. The van der Waals surface area contributed by atoms with E-state index in [0.717, 1.165) is 30.5 Å². The molecule has 0 aliphatic carbocycles. The molecule has 8 nitrogen and oxygen atoms in total. The van der Waals surface area contributed by atoms with E-state index in [1.54, 1.807) is 29.2 Å². The molecule has 0 radical (unpaired) electrons. The van der Waals surface area contributed by atoms with Gasteiger partial charge in [0.1, 0.15) is 10.7 Å². The number of rotatable bonds is 5. The third-order valence-corrected chi connectivity index (χ3v) is 8.31. The lowest BCUT2D eigenvalue weighted by Crippen LogP contribution is -2.28. The first-order valence-electron chi connectivity index (χ1n) is 11.3. The maximum atomic E-state index is 13.0. The number of fused-ring (bicyclic) bond motifs is 1. The first-order chi connectivity index (χ1) is 16.3. The standard InChI is InChI=1S/C25H25N3O5S/c1-17-23(34(31,32)27-13-4-5-14-27)16-22(33-17)24(29)26-20-10-8-19(9-11-20)25(30)28-15-12-18-6-2-3-7-21(18)28/h2-3,6-11,16H,4-5,12-15H2,1H3,(H,26,29). The summed E-state index contributed by atoms with van der Waals surface area (Å²) in [4.78, 5) is 27.5. The van der Waals surface area contributed by atoms with Gasteiger partial charge in [0, 0.05) is 42.6 Å². The lowest BCUT2D eigenvalue weighted by Gasteiger charge is -2.17. The van der Waals surface area contributed by atoms with Crippen LogP contribution >= 0.6 is 0 Å². The number of hydrogen-bond donors (Lipinski definition) is 1. The summed E-state index contributed by atoms with van der Waals surface area (Å²) in [5, 5.41) is 2.71. The lowest BCUT2D eigenvalue weighted by atomic mass is 10.1. The van der Waals surface area contributed by atoms with Gasteiger partial charge in [-0.25, -0.2) is 8.42 Å². The average molecular weight is 480 g/mol. The van der Waals surface area contributed by atoms with Crippen molar-refractivity contribution in [1.29, 1.82) is 0 Å². The van der Waals surface area contributed by atoms with E-state index in [2.05, 4.69) is 5.32 Å². The number of anilines is 2. The minimum Gasteiger partial charge on any atom is -0.455 e. The summed E-state index contributed by atoms with van der Waals surface area (Å²) in [6, 6.07) is 15.7. The summed E-state index contributed by atoms with van der Waals surface area (Å²) in [5.74, 6) is -0.548. The summed E-state index contributed by atoms with van der Waals surface area (Å²) < 4.78 is 32.6. The van der Waals surface area contributed by atoms with Crippen LogP contribution in [0, 0.1) is 6.92 Å². The Labute approximate surface area is 198 Å². The molecule has 3 heterocycles. The quantitative estimate of drug-likeness (QED) is 0.600. The molecule has 0 saturated carbocycles. The number of amides is 2. The molecule has 176 valence electrons.